The quantitative estimate of drug-likeness (QED) is 0.670. The SMILES string of the molecule is CCCC[C@H]1c2ccc(OC)cc2CC[C@@]1(C)C1=N[C@@H](C(C)(C)C)CO1. The van der Waals surface area contributed by atoms with E-state index in [1.807, 2.05) is 0 Å². The minimum Gasteiger partial charge on any atom is -0.497 e. The third-order valence-corrected chi connectivity index (χ3v) is 6.39. The highest BCUT2D eigenvalue weighted by Gasteiger charge is 2.47. The molecular weight excluding hydrogens is 322 g/mol. The molecule has 0 radical (unpaired) electrons. The van der Waals surface area contributed by atoms with Crippen LogP contribution in [0.4, 0.5) is 0 Å². The van der Waals surface area contributed by atoms with Crippen molar-refractivity contribution in [2.45, 2.75) is 78.7 Å². The Morgan fingerprint density at radius 2 is 2.08 bits per heavy atom. The number of aliphatic imine (C=N–C) groups is 1. The van der Waals surface area contributed by atoms with Gasteiger partial charge in [-0.25, -0.2) is 4.99 Å². The van der Waals surface area contributed by atoms with Crippen LogP contribution in [0.25, 0.3) is 0 Å². The van der Waals surface area contributed by atoms with Gasteiger partial charge in [-0.1, -0.05) is 53.5 Å². The number of hydrogen-bond acceptors (Lipinski definition) is 3. The molecule has 3 heteroatoms. The predicted octanol–water partition coefficient (Wildman–Crippen LogP) is 5.76. The van der Waals surface area contributed by atoms with Crippen molar-refractivity contribution in [1.29, 1.82) is 0 Å². The lowest BCUT2D eigenvalue weighted by Crippen LogP contribution is -2.38. The number of ether oxygens (including phenoxy) is 2. The van der Waals surface area contributed by atoms with Crippen LogP contribution in [0.2, 0.25) is 0 Å². The van der Waals surface area contributed by atoms with Gasteiger partial charge in [0.15, 0.2) is 5.90 Å². The fourth-order valence-corrected chi connectivity index (χ4v) is 4.45. The average Bonchev–Trinajstić information content (AvgIpc) is 3.12. The molecule has 0 saturated carbocycles. The zero-order valence-electron chi connectivity index (χ0n) is 17.4. The van der Waals surface area contributed by atoms with E-state index in [4.69, 9.17) is 14.5 Å². The Bertz CT molecular complexity index is 673. The molecule has 0 N–H and O–H groups in total. The van der Waals surface area contributed by atoms with Crippen LogP contribution in [0, 0.1) is 10.8 Å². The average molecular weight is 358 g/mol. The van der Waals surface area contributed by atoms with Crippen molar-refractivity contribution < 1.29 is 9.47 Å². The summed E-state index contributed by atoms with van der Waals surface area (Å²) in [4.78, 5) is 5.09. The number of aryl methyl sites for hydroxylation is 1. The van der Waals surface area contributed by atoms with Gasteiger partial charge in [0.25, 0.3) is 0 Å². The summed E-state index contributed by atoms with van der Waals surface area (Å²) in [5, 5.41) is 0. The molecule has 1 aliphatic carbocycles. The zero-order valence-corrected chi connectivity index (χ0v) is 17.4. The Morgan fingerprint density at radius 3 is 2.69 bits per heavy atom. The van der Waals surface area contributed by atoms with Gasteiger partial charge in [-0.05, 0) is 53.9 Å². The molecule has 0 spiro atoms. The second-order valence-electron chi connectivity index (χ2n) is 9.30. The van der Waals surface area contributed by atoms with Crippen molar-refractivity contribution in [2.75, 3.05) is 13.7 Å². The Kier molecular flexibility index (Phi) is 5.37. The van der Waals surface area contributed by atoms with Crippen molar-refractivity contribution in [3.8, 4) is 5.75 Å². The number of unbranched alkanes of at least 4 members (excludes halogenated alkanes) is 1. The molecule has 0 saturated heterocycles. The second-order valence-corrected chi connectivity index (χ2v) is 9.30. The molecule has 144 valence electrons. The van der Waals surface area contributed by atoms with Crippen molar-refractivity contribution in [1.82, 2.24) is 0 Å². The maximum Gasteiger partial charge on any atom is 0.190 e. The highest BCUT2D eigenvalue weighted by Crippen LogP contribution is 2.51. The predicted molar refractivity (Wildman–Crippen MR) is 108 cm³/mol. The molecule has 0 fully saturated rings. The smallest absolute Gasteiger partial charge is 0.190 e. The molecule has 0 bridgehead atoms. The molecule has 1 aromatic carbocycles. The van der Waals surface area contributed by atoms with Crippen molar-refractivity contribution >= 4 is 5.90 Å². The lowest BCUT2D eigenvalue weighted by molar-refractivity contribution is 0.196. The van der Waals surface area contributed by atoms with E-state index in [1.165, 1.54) is 30.4 Å². The summed E-state index contributed by atoms with van der Waals surface area (Å²) in [7, 11) is 1.75. The maximum absolute atomic E-state index is 6.23. The summed E-state index contributed by atoms with van der Waals surface area (Å²) in [6.07, 6.45) is 5.80. The summed E-state index contributed by atoms with van der Waals surface area (Å²) in [6, 6.07) is 6.88. The van der Waals surface area contributed by atoms with E-state index in [0.29, 0.717) is 5.92 Å². The zero-order chi connectivity index (χ0) is 18.9. The largest absolute Gasteiger partial charge is 0.497 e. The molecule has 0 unspecified atom stereocenters. The van der Waals surface area contributed by atoms with E-state index in [2.05, 4.69) is 52.8 Å². The molecule has 3 rings (SSSR count). The first-order valence-electron chi connectivity index (χ1n) is 10.2. The summed E-state index contributed by atoms with van der Waals surface area (Å²) < 4.78 is 11.7. The Hall–Kier alpha value is -1.51. The van der Waals surface area contributed by atoms with Crippen LogP contribution in [-0.2, 0) is 11.2 Å². The minimum absolute atomic E-state index is 0.00322. The first-order valence-corrected chi connectivity index (χ1v) is 10.2. The lowest BCUT2D eigenvalue weighted by Gasteiger charge is -2.42. The van der Waals surface area contributed by atoms with Gasteiger partial charge < -0.3 is 9.47 Å². The molecular formula is C23H35NO2. The number of fused-ring (bicyclic) bond motifs is 1. The standard InChI is InChI=1S/C23H35NO2/c1-7-8-9-19-18-11-10-17(25-6)14-16(18)12-13-23(19,5)21-24-20(15-26-21)22(2,3)4/h10-11,14,19-20H,7-9,12-13,15H2,1-6H3/t19-,20+,23+/m0/s1. The third kappa shape index (κ3) is 3.50. The first kappa shape index (κ1) is 19.3. The summed E-state index contributed by atoms with van der Waals surface area (Å²) in [6.45, 7) is 12.1. The summed E-state index contributed by atoms with van der Waals surface area (Å²) in [5.74, 6) is 2.43. The first-order chi connectivity index (χ1) is 12.3. The second kappa shape index (κ2) is 7.25. The molecule has 1 aliphatic heterocycles. The number of hydrogen-bond donors (Lipinski definition) is 0. The maximum atomic E-state index is 6.23. The molecule has 3 atom stereocenters. The molecule has 0 amide bonds. The number of rotatable bonds is 5. The minimum atomic E-state index is -0.00322. The summed E-state index contributed by atoms with van der Waals surface area (Å²) in [5.41, 5.74) is 3.06. The highest BCUT2D eigenvalue weighted by molar-refractivity contribution is 5.85. The van der Waals surface area contributed by atoms with E-state index in [0.717, 1.165) is 31.1 Å². The van der Waals surface area contributed by atoms with E-state index in [9.17, 15) is 0 Å². The van der Waals surface area contributed by atoms with Gasteiger partial charge in [0.2, 0.25) is 0 Å². The van der Waals surface area contributed by atoms with Crippen LogP contribution < -0.4 is 4.74 Å². The Balaban J connectivity index is 1.97. The Labute approximate surface area is 159 Å². The van der Waals surface area contributed by atoms with Crippen molar-refractivity contribution in [3.63, 3.8) is 0 Å². The highest BCUT2D eigenvalue weighted by atomic mass is 16.5. The molecule has 1 aromatic rings. The van der Waals surface area contributed by atoms with E-state index >= 15 is 0 Å². The monoisotopic (exact) mass is 357 g/mol. The van der Waals surface area contributed by atoms with Gasteiger partial charge in [-0.2, -0.15) is 0 Å². The van der Waals surface area contributed by atoms with E-state index in [1.54, 1.807) is 7.11 Å². The van der Waals surface area contributed by atoms with Crippen LogP contribution in [-0.4, -0.2) is 25.7 Å². The van der Waals surface area contributed by atoms with Gasteiger partial charge in [0.1, 0.15) is 12.4 Å². The van der Waals surface area contributed by atoms with Crippen LogP contribution >= 0.6 is 0 Å². The van der Waals surface area contributed by atoms with Gasteiger partial charge in [-0.15, -0.1) is 0 Å². The number of benzene rings is 1. The van der Waals surface area contributed by atoms with Crippen molar-refractivity contribution in [2.24, 2.45) is 15.8 Å². The number of methoxy groups -OCH3 is 1. The topological polar surface area (TPSA) is 30.8 Å². The van der Waals surface area contributed by atoms with Gasteiger partial charge in [0, 0.05) is 0 Å². The van der Waals surface area contributed by atoms with E-state index < -0.39 is 0 Å². The molecule has 2 aliphatic rings. The van der Waals surface area contributed by atoms with E-state index in [-0.39, 0.29) is 16.9 Å². The van der Waals surface area contributed by atoms with Gasteiger partial charge in [-0.3, -0.25) is 0 Å². The third-order valence-electron chi connectivity index (χ3n) is 6.39. The molecule has 26 heavy (non-hydrogen) atoms. The fraction of sp³-hybridized carbons (Fsp3) is 0.696. The van der Waals surface area contributed by atoms with Gasteiger partial charge >= 0.3 is 0 Å². The van der Waals surface area contributed by atoms with Crippen LogP contribution in [0.1, 0.15) is 77.3 Å². The van der Waals surface area contributed by atoms with Crippen LogP contribution in [0.3, 0.4) is 0 Å². The number of nitrogens with zero attached hydrogens (tertiary/aromatic N) is 1. The molecule has 1 heterocycles. The van der Waals surface area contributed by atoms with Crippen LogP contribution in [0.5, 0.6) is 5.75 Å². The van der Waals surface area contributed by atoms with Crippen LogP contribution in [0.15, 0.2) is 23.2 Å². The van der Waals surface area contributed by atoms with Gasteiger partial charge in [0.05, 0.1) is 18.6 Å². The lowest BCUT2D eigenvalue weighted by atomic mass is 9.63. The van der Waals surface area contributed by atoms with Crippen molar-refractivity contribution in [3.05, 3.63) is 29.3 Å². The normalized spacial score (nSPS) is 28.3. The molecule has 0 aromatic heterocycles. The Morgan fingerprint density at radius 1 is 1.31 bits per heavy atom. The summed E-state index contributed by atoms with van der Waals surface area (Å²) >= 11 is 0. The fourth-order valence-electron chi connectivity index (χ4n) is 4.45. The molecule has 3 nitrogen and oxygen atoms in total.